The van der Waals surface area contributed by atoms with E-state index in [2.05, 4.69) is 55.3 Å². The molecule has 1 aromatic carbocycles. The van der Waals surface area contributed by atoms with E-state index < -0.39 is 0 Å². The summed E-state index contributed by atoms with van der Waals surface area (Å²) in [6.45, 7) is 7.74. The van der Waals surface area contributed by atoms with Crippen molar-refractivity contribution in [3.05, 3.63) is 42.1 Å². The van der Waals surface area contributed by atoms with Crippen molar-refractivity contribution >= 4 is 10.9 Å². The van der Waals surface area contributed by atoms with E-state index in [0.29, 0.717) is 12.0 Å². The fraction of sp³-hybridized carbons (Fsp3) is 0.438. The van der Waals surface area contributed by atoms with Crippen molar-refractivity contribution in [2.45, 2.75) is 39.2 Å². The number of hydrogen-bond donors (Lipinski definition) is 1. The summed E-state index contributed by atoms with van der Waals surface area (Å²) in [5, 5.41) is 4.71. The van der Waals surface area contributed by atoms with Gasteiger partial charge in [0.1, 0.15) is 0 Å². The normalized spacial score (nSPS) is 14.6. The maximum atomic E-state index is 4.36. The van der Waals surface area contributed by atoms with Gasteiger partial charge in [-0.3, -0.25) is 4.98 Å². The highest BCUT2D eigenvalue weighted by Crippen LogP contribution is 2.23. The van der Waals surface area contributed by atoms with Crippen molar-refractivity contribution in [1.82, 2.24) is 10.3 Å². The van der Waals surface area contributed by atoms with E-state index in [-0.39, 0.29) is 0 Å². The molecule has 96 valence electrons. The predicted octanol–water partition coefficient (Wildman–Crippen LogP) is 3.73. The van der Waals surface area contributed by atoms with Gasteiger partial charge >= 0.3 is 0 Å². The molecule has 0 aliphatic carbocycles. The van der Waals surface area contributed by atoms with Gasteiger partial charge in [-0.1, -0.05) is 26.0 Å². The van der Waals surface area contributed by atoms with Gasteiger partial charge in [-0.25, -0.2) is 0 Å². The summed E-state index contributed by atoms with van der Waals surface area (Å²) in [6, 6.07) is 11.3. The third-order valence-corrected chi connectivity index (χ3v) is 3.46. The molecule has 2 heteroatoms. The molecule has 0 aliphatic heterocycles. The molecule has 0 bridgehead atoms. The van der Waals surface area contributed by atoms with Crippen LogP contribution in [0.4, 0.5) is 0 Å². The monoisotopic (exact) mass is 242 g/mol. The standard InChI is InChI=1S/C16H22N2/c1-4-17-13(3)10-12(2)14-7-8-16-15(11-14)6-5-9-18-16/h5-9,11-13,17H,4,10H2,1-3H3. The Hall–Kier alpha value is -1.41. The molecule has 0 saturated heterocycles. The van der Waals surface area contributed by atoms with E-state index in [0.717, 1.165) is 12.1 Å². The van der Waals surface area contributed by atoms with Crippen LogP contribution in [-0.4, -0.2) is 17.6 Å². The number of nitrogens with one attached hydrogen (secondary N) is 1. The zero-order valence-corrected chi connectivity index (χ0v) is 11.5. The molecule has 0 aliphatic rings. The topological polar surface area (TPSA) is 24.9 Å². The SMILES string of the molecule is CCNC(C)CC(C)c1ccc2ncccc2c1. The number of aromatic nitrogens is 1. The van der Waals surface area contributed by atoms with Crippen molar-refractivity contribution in [1.29, 1.82) is 0 Å². The third kappa shape index (κ3) is 3.08. The number of nitrogens with zero attached hydrogens (tertiary/aromatic N) is 1. The lowest BCUT2D eigenvalue weighted by atomic mass is 9.93. The van der Waals surface area contributed by atoms with Crippen LogP contribution in [0.1, 0.15) is 38.7 Å². The quantitative estimate of drug-likeness (QED) is 0.864. The van der Waals surface area contributed by atoms with Crippen molar-refractivity contribution in [3.8, 4) is 0 Å². The summed E-state index contributed by atoms with van der Waals surface area (Å²) < 4.78 is 0. The van der Waals surface area contributed by atoms with Crippen molar-refractivity contribution in [2.75, 3.05) is 6.54 Å². The zero-order chi connectivity index (χ0) is 13.0. The fourth-order valence-corrected chi connectivity index (χ4v) is 2.50. The molecule has 1 N–H and O–H groups in total. The van der Waals surface area contributed by atoms with Gasteiger partial charge in [0.15, 0.2) is 0 Å². The van der Waals surface area contributed by atoms with Crippen LogP contribution in [0.25, 0.3) is 10.9 Å². The fourth-order valence-electron chi connectivity index (χ4n) is 2.50. The van der Waals surface area contributed by atoms with Crippen molar-refractivity contribution in [3.63, 3.8) is 0 Å². The molecule has 0 saturated carbocycles. The predicted molar refractivity (Wildman–Crippen MR) is 77.9 cm³/mol. The Morgan fingerprint density at radius 2 is 2.06 bits per heavy atom. The molecule has 1 heterocycles. The summed E-state index contributed by atoms with van der Waals surface area (Å²) in [6.07, 6.45) is 3.01. The Morgan fingerprint density at radius 3 is 2.83 bits per heavy atom. The number of pyridine rings is 1. The van der Waals surface area contributed by atoms with Gasteiger partial charge in [0.25, 0.3) is 0 Å². The highest BCUT2D eigenvalue weighted by Gasteiger charge is 2.10. The highest BCUT2D eigenvalue weighted by atomic mass is 14.9. The average Bonchev–Trinajstić information content (AvgIpc) is 2.38. The smallest absolute Gasteiger partial charge is 0.0702 e. The van der Waals surface area contributed by atoms with E-state index in [1.807, 2.05) is 12.3 Å². The van der Waals surface area contributed by atoms with E-state index in [1.54, 1.807) is 0 Å². The highest BCUT2D eigenvalue weighted by molar-refractivity contribution is 5.79. The minimum absolute atomic E-state index is 0.564. The number of fused-ring (bicyclic) bond motifs is 1. The molecule has 0 radical (unpaired) electrons. The van der Waals surface area contributed by atoms with Gasteiger partial charge < -0.3 is 5.32 Å². The summed E-state index contributed by atoms with van der Waals surface area (Å²) >= 11 is 0. The summed E-state index contributed by atoms with van der Waals surface area (Å²) in [4.78, 5) is 4.36. The van der Waals surface area contributed by atoms with Gasteiger partial charge in [0.2, 0.25) is 0 Å². The minimum atomic E-state index is 0.564. The first-order valence-electron chi connectivity index (χ1n) is 6.78. The summed E-state index contributed by atoms with van der Waals surface area (Å²) in [7, 11) is 0. The van der Waals surface area contributed by atoms with E-state index in [4.69, 9.17) is 0 Å². The van der Waals surface area contributed by atoms with Crippen LogP contribution in [-0.2, 0) is 0 Å². The first-order valence-corrected chi connectivity index (χ1v) is 6.78. The minimum Gasteiger partial charge on any atom is -0.315 e. The second kappa shape index (κ2) is 5.96. The first kappa shape index (κ1) is 13.0. The maximum absolute atomic E-state index is 4.36. The summed E-state index contributed by atoms with van der Waals surface area (Å²) in [5.74, 6) is 0.573. The molecule has 0 spiro atoms. The summed E-state index contributed by atoms with van der Waals surface area (Å²) in [5.41, 5.74) is 2.48. The van der Waals surface area contributed by atoms with Crippen LogP contribution < -0.4 is 5.32 Å². The Morgan fingerprint density at radius 1 is 1.22 bits per heavy atom. The van der Waals surface area contributed by atoms with Crippen LogP contribution in [0.15, 0.2) is 36.5 Å². The molecule has 0 fully saturated rings. The molecule has 0 amide bonds. The van der Waals surface area contributed by atoms with Crippen LogP contribution in [0, 0.1) is 0 Å². The molecular weight excluding hydrogens is 220 g/mol. The van der Waals surface area contributed by atoms with Gasteiger partial charge in [0.05, 0.1) is 5.52 Å². The lowest BCUT2D eigenvalue weighted by Gasteiger charge is -2.18. The zero-order valence-electron chi connectivity index (χ0n) is 11.5. The molecule has 2 rings (SSSR count). The largest absolute Gasteiger partial charge is 0.315 e. The van der Waals surface area contributed by atoms with Crippen LogP contribution in [0.2, 0.25) is 0 Å². The lowest BCUT2D eigenvalue weighted by molar-refractivity contribution is 0.491. The Kier molecular flexibility index (Phi) is 4.32. The second-order valence-electron chi connectivity index (χ2n) is 5.05. The van der Waals surface area contributed by atoms with Crippen LogP contribution in [0.5, 0.6) is 0 Å². The molecule has 2 nitrogen and oxygen atoms in total. The average molecular weight is 242 g/mol. The van der Waals surface area contributed by atoms with E-state index in [9.17, 15) is 0 Å². The van der Waals surface area contributed by atoms with E-state index >= 15 is 0 Å². The number of rotatable bonds is 5. The number of benzene rings is 1. The lowest BCUT2D eigenvalue weighted by Crippen LogP contribution is -2.26. The van der Waals surface area contributed by atoms with Gasteiger partial charge in [-0.2, -0.15) is 0 Å². The molecule has 2 aromatic rings. The van der Waals surface area contributed by atoms with Crippen LogP contribution in [0.3, 0.4) is 0 Å². The van der Waals surface area contributed by atoms with Gasteiger partial charge in [0, 0.05) is 17.6 Å². The maximum Gasteiger partial charge on any atom is 0.0702 e. The molecule has 1 aromatic heterocycles. The van der Waals surface area contributed by atoms with Gasteiger partial charge in [-0.15, -0.1) is 0 Å². The number of hydrogen-bond acceptors (Lipinski definition) is 2. The van der Waals surface area contributed by atoms with Crippen molar-refractivity contribution < 1.29 is 0 Å². The molecular formula is C16H22N2. The Balaban J connectivity index is 2.15. The van der Waals surface area contributed by atoms with E-state index in [1.165, 1.54) is 17.4 Å². The Labute approximate surface area is 109 Å². The third-order valence-electron chi connectivity index (χ3n) is 3.46. The molecule has 18 heavy (non-hydrogen) atoms. The van der Waals surface area contributed by atoms with Gasteiger partial charge in [-0.05, 0) is 49.6 Å². The van der Waals surface area contributed by atoms with Crippen molar-refractivity contribution in [2.24, 2.45) is 0 Å². The molecule has 2 unspecified atom stereocenters. The molecule has 2 atom stereocenters. The Bertz CT molecular complexity index is 507. The first-order chi connectivity index (χ1) is 8.70. The van der Waals surface area contributed by atoms with Crippen LogP contribution >= 0.6 is 0 Å². The second-order valence-corrected chi connectivity index (χ2v) is 5.05.